The molecule has 2 aromatic rings. The highest BCUT2D eigenvalue weighted by molar-refractivity contribution is 7.89. The first-order valence-corrected chi connectivity index (χ1v) is 12.3. The third-order valence-corrected chi connectivity index (χ3v) is 8.03. The summed E-state index contributed by atoms with van der Waals surface area (Å²) in [6, 6.07) is 11.5. The Balaban J connectivity index is 1.69. The van der Waals surface area contributed by atoms with E-state index in [-0.39, 0.29) is 10.8 Å². The summed E-state index contributed by atoms with van der Waals surface area (Å²) in [6.07, 6.45) is 0. The van der Waals surface area contributed by atoms with Gasteiger partial charge in [-0.2, -0.15) is 0 Å². The zero-order chi connectivity index (χ0) is 23.5. The van der Waals surface area contributed by atoms with Gasteiger partial charge in [-0.05, 0) is 55.3 Å². The minimum atomic E-state index is -3.63. The van der Waals surface area contributed by atoms with E-state index in [1.807, 2.05) is 19.1 Å². The molecule has 1 saturated heterocycles. The van der Waals surface area contributed by atoms with E-state index in [2.05, 4.69) is 34.3 Å². The van der Waals surface area contributed by atoms with Gasteiger partial charge in [0.25, 0.3) is 5.91 Å². The minimum Gasteiger partial charge on any atom is -0.348 e. The minimum absolute atomic E-state index is 0.168. The summed E-state index contributed by atoms with van der Waals surface area (Å²) in [7, 11) is 1.50. The van der Waals surface area contributed by atoms with Gasteiger partial charge in [-0.25, -0.2) is 12.7 Å². The summed E-state index contributed by atoms with van der Waals surface area (Å²) in [5, 5.41) is 2.94. The van der Waals surface area contributed by atoms with Crippen molar-refractivity contribution in [3.8, 4) is 0 Å². The lowest BCUT2D eigenvalue weighted by atomic mass is 10.1. The number of benzene rings is 2. The van der Waals surface area contributed by atoms with Crippen molar-refractivity contribution in [2.45, 2.75) is 31.8 Å². The SMILES string of the molecule is Cc1cc(C(=O)NCc2cccc(CN3CCN(C)CC3)c2)cc(S(=O)(=O)N(C)C)c1C. The van der Waals surface area contributed by atoms with Gasteiger partial charge in [-0.15, -0.1) is 0 Å². The summed E-state index contributed by atoms with van der Waals surface area (Å²) in [4.78, 5) is 17.8. The maximum absolute atomic E-state index is 12.8. The number of hydrogen-bond donors (Lipinski definition) is 1. The standard InChI is InChI=1S/C24H34N4O3S/c1-18-13-22(15-23(19(18)2)32(30,31)26(3)4)24(29)25-16-20-7-6-8-21(14-20)17-28-11-9-27(5)10-12-28/h6-8,13-15H,9-12,16-17H2,1-5H3,(H,25,29). The Morgan fingerprint density at radius 2 is 1.69 bits per heavy atom. The van der Waals surface area contributed by atoms with Crippen LogP contribution in [0.1, 0.15) is 32.6 Å². The van der Waals surface area contributed by atoms with Gasteiger partial charge >= 0.3 is 0 Å². The number of nitrogens with one attached hydrogen (secondary N) is 1. The van der Waals surface area contributed by atoms with Crippen molar-refractivity contribution in [1.82, 2.24) is 19.4 Å². The van der Waals surface area contributed by atoms with E-state index in [4.69, 9.17) is 0 Å². The van der Waals surface area contributed by atoms with Crippen LogP contribution in [0.25, 0.3) is 0 Å². The molecule has 1 heterocycles. The molecular weight excluding hydrogens is 424 g/mol. The molecule has 0 saturated carbocycles. The van der Waals surface area contributed by atoms with Crippen LogP contribution in [0.2, 0.25) is 0 Å². The number of carbonyl (C=O) groups is 1. The number of hydrogen-bond acceptors (Lipinski definition) is 5. The fraction of sp³-hybridized carbons (Fsp3) is 0.458. The number of rotatable bonds is 7. The largest absolute Gasteiger partial charge is 0.348 e. The van der Waals surface area contributed by atoms with E-state index >= 15 is 0 Å². The van der Waals surface area contributed by atoms with Crippen molar-refractivity contribution in [1.29, 1.82) is 0 Å². The zero-order valence-electron chi connectivity index (χ0n) is 19.7. The molecule has 174 valence electrons. The molecule has 0 atom stereocenters. The third kappa shape index (κ3) is 5.75. The van der Waals surface area contributed by atoms with Gasteiger partial charge in [-0.3, -0.25) is 9.69 Å². The zero-order valence-corrected chi connectivity index (χ0v) is 20.5. The summed E-state index contributed by atoms with van der Waals surface area (Å²) < 4.78 is 26.5. The van der Waals surface area contributed by atoms with Crippen LogP contribution in [0, 0.1) is 13.8 Å². The van der Waals surface area contributed by atoms with E-state index in [0.717, 1.165) is 43.9 Å². The highest BCUT2D eigenvalue weighted by atomic mass is 32.2. The van der Waals surface area contributed by atoms with Crippen LogP contribution < -0.4 is 5.32 Å². The van der Waals surface area contributed by atoms with Crippen molar-refractivity contribution >= 4 is 15.9 Å². The fourth-order valence-electron chi connectivity index (χ4n) is 3.81. The monoisotopic (exact) mass is 458 g/mol. The lowest BCUT2D eigenvalue weighted by Gasteiger charge is -2.32. The van der Waals surface area contributed by atoms with Gasteiger partial charge in [0, 0.05) is 58.9 Å². The highest BCUT2D eigenvalue weighted by Gasteiger charge is 2.23. The number of aryl methyl sites for hydroxylation is 1. The van der Waals surface area contributed by atoms with Crippen molar-refractivity contribution < 1.29 is 13.2 Å². The molecule has 1 aliphatic heterocycles. The first kappa shape index (κ1) is 24.4. The fourth-order valence-corrected chi connectivity index (χ4v) is 5.03. The van der Waals surface area contributed by atoms with Crippen molar-refractivity contribution in [2.75, 3.05) is 47.3 Å². The number of nitrogens with zero attached hydrogens (tertiary/aromatic N) is 3. The first-order chi connectivity index (χ1) is 15.1. The van der Waals surface area contributed by atoms with Crippen LogP contribution >= 0.6 is 0 Å². The Labute approximate surface area is 192 Å². The lowest BCUT2D eigenvalue weighted by molar-refractivity contribution is 0.0950. The molecule has 1 N–H and O–H groups in total. The maximum atomic E-state index is 12.8. The predicted octanol–water partition coefficient (Wildman–Crippen LogP) is 2.23. The second-order valence-electron chi connectivity index (χ2n) is 8.79. The first-order valence-electron chi connectivity index (χ1n) is 10.9. The molecule has 3 rings (SSSR count). The molecule has 0 aromatic heterocycles. The van der Waals surface area contributed by atoms with Crippen LogP contribution in [0.5, 0.6) is 0 Å². The van der Waals surface area contributed by atoms with E-state index in [0.29, 0.717) is 17.7 Å². The molecular formula is C24H34N4O3S. The second-order valence-corrected chi connectivity index (χ2v) is 10.9. The van der Waals surface area contributed by atoms with Gasteiger partial charge in [0.2, 0.25) is 10.0 Å². The number of likely N-dealkylation sites (N-methyl/N-ethyl adjacent to an activating group) is 1. The molecule has 0 aliphatic carbocycles. The van der Waals surface area contributed by atoms with Crippen molar-refractivity contribution in [2.24, 2.45) is 0 Å². The summed E-state index contributed by atoms with van der Waals surface area (Å²) in [5.41, 5.74) is 4.03. The molecule has 0 bridgehead atoms. The Kier molecular flexibility index (Phi) is 7.71. The van der Waals surface area contributed by atoms with Crippen molar-refractivity contribution in [3.63, 3.8) is 0 Å². The van der Waals surface area contributed by atoms with Gasteiger partial charge in [0.05, 0.1) is 4.90 Å². The average molecular weight is 459 g/mol. The molecule has 8 heteroatoms. The van der Waals surface area contributed by atoms with Crippen LogP contribution in [-0.4, -0.2) is 75.8 Å². The van der Waals surface area contributed by atoms with Crippen LogP contribution in [-0.2, 0) is 23.1 Å². The van der Waals surface area contributed by atoms with E-state index < -0.39 is 10.0 Å². The molecule has 1 aliphatic rings. The molecule has 0 spiro atoms. The Morgan fingerprint density at radius 1 is 1.03 bits per heavy atom. The van der Waals surface area contributed by atoms with E-state index in [1.165, 1.54) is 30.0 Å². The number of amides is 1. The summed E-state index contributed by atoms with van der Waals surface area (Å²) >= 11 is 0. The van der Waals surface area contributed by atoms with Gasteiger partial charge in [-0.1, -0.05) is 24.3 Å². The third-order valence-electron chi connectivity index (χ3n) is 6.09. The van der Waals surface area contributed by atoms with Crippen LogP contribution in [0.3, 0.4) is 0 Å². The second kappa shape index (κ2) is 10.1. The van der Waals surface area contributed by atoms with E-state index in [1.54, 1.807) is 13.0 Å². The van der Waals surface area contributed by atoms with Gasteiger partial charge in [0.1, 0.15) is 0 Å². The molecule has 2 aromatic carbocycles. The highest BCUT2D eigenvalue weighted by Crippen LogP contribution is 2.23. The molecule has 0 unspecified atom stereocenters. The van der Waals surface area contributed by atoms with Crippen molar-refractivity contribution in [3.05, 3.63) is 64.2 Å². The van der Waals surface area contributed by atoms with Crippen LogP contribution in [0.15, 0.2) is 41.3 Å². The predicted molar refractivity (Wildman–Crippen MR) is 127 cm³/mol. The molecule has 32 heavy (non-hydrogen) atoms. The summed E-state index contributed by atoms with van der Waals surface area (Å²) in [6.45, 7) is 9.15. The quantitative estimate of drug-likeness (QED) is 0.689. The van der Waals surface area contributed by atoms with Gasteiger partial charge < -0.3 is 10.2 Å². The summed E-state index contributed by atoms with van der Waals surface area (Å²) in [5.74, 6) is -0.284. The number of piperazine rings is 1. The lowest BCUT2D eigenvalue weighted by Crippen LogP contribution is -2.43. The topological polar surface area (TPSA) is 73.0 Å². The Hall–Kier alpha value is -2.26. The molecule has 1 fully saturated rings. The Morgan fingerprint density at radius 3 is 2.34 bits per heavy atom. The molecule has 1 amide bonds. The van der Waals surface area contributed by atoms with Crippen LogP contribution in [0.4, 0.5) is 0 Å². The smallest absolute Gasteiger partial charge is 0.251 e. The number of sulfonamides is 1. The molecule has 0 radical (unpaired) electrons. The number of carbonyl (C=O) groups excluding carboxylic acids is 1. The maximum Gasteiger partial charge on any atom is 0.251 e. The Bertz CT molecular complexity index is 1070. The normalized spacial score (nSPS) is 15.8. The van der Waals surface area contributed by atoms with Gasteiger partial charge in [0.15, 0.2) is 0 Å². The van der Waals surface area contributed by atoms with E-state index in [9.17, 15) is 13.2 Å². The molecule has 7 nitrogen and oxygen atoms in total. The average Bonchev–Trinajstić information content (AvgIpc) is 2.75.